The van der Waals surface area contributed by atoms with Crippen LogP contribution in [0, 0.1) is 20.8 Å². The van der Waals surface area contributed by atoms with Gasteiger partial charge in [0.1, 0.15) is 0 Å². The molecule has 0 spiro atoms. The molecular weight excluding hydrogens is 282 g/mol. The lowest BCUT2D eigenvalue weighted by Crippen LogP contribution is -2.29. The van der Waals surface area contributed by atoms with Crippen LogP contribution in [-0.2, 0) is 13.6 Å². The van der Waals surface area contributed by atoms with Gasteiger partial charge >= 0.3 is 6.03 Å². The minimum atomic E-state index is -0.280. The van der Waals surface area contributed by atoms with Gasteiger partial charge in [0, 0.05) is 30.9 Å². The summed E-state index contributed by atoms with van der Waals surface area (Å²) in [5.41, 5.74) is 4.34. The van der Waals surface area contributed by atoms with Gasteiger partial charge in [-0.25, -0.2) is 9.78 Å². The maximum Gasteiger partial charge on any atom is 0.319 e. The highest BCUT2D eigenvalue weighted by atomic mass is 16.5. The topological polar surface area (TPSA) is 81.1 Å². The largest absolute Gasteiger partial charge is 0.481 e. The molecule has 2 N–H and O–H groups in total. The van der Waals surface area contributed by atoms with Gasteiger partial charge < -0.3 is 15.4 Å². The van der Waals surface area contributed by atoms with Crippen LogP contribution in [0.4, 0.5) is 10.5 Å². The van der Waals surface area contributed by atoms with Crippen LogP contribution in [0.15, 0.2) is 12.1 Å². The maximum atomic E-state index is 12.0. The van der Waals surface area contributed by atoms with Crippen LogP contribution in [0.2, 0.25) is 0 Å². The van der Waals surface area contributed by atoms with Gasteiger partial charge in [-0.3, -0.25) is 4.68 Å². The zero-order valence-corrected chi connectivity index (χ0v) is 13.5. The Labute approximate surface area is 129 Å². The zero-order chi connectivity index (χ0) is 16.3. The van der Waals surface area contributed by atoms with Crippen molar-refractivity contribution < 1.29 is 9.53 Å². The number of methoxy groups -OCH3 is 1. The van der Waals surface area contributed by atoms with Crippen LogP contribution in [0.25, 0.3) is 0 Å². The number of carbonyl (C=O) groups is 1. The summed E-state index contributed by atoms with van der Waals surface area (Å²) in [6.45, 7) is 6.15. The Morgan fingerprint density at radius 1 is 1.27 bits per heavy atom. The second kappa shape index (κ2) is 6.46. The molecule has 0 aliphatic carbocycles. The highest BCUT2D eigenvalue weighted by Gasteiger charge is 2.11. The highest BCUT2D eigenvalue weighted by Crippen LogP contribution is 2.17. The van der Waals surface area contributed by atoms with Crippen molar-refractivity contribution in [3.63, 3.8) is 0 Å². The number of nitrogens with one attached hydrogen (secondary N) is 2. The number of urea groups is 1. The van der Waals surface area contributed by atoms with E-state index in [4.69, 9.17) is 4.74 Å². The Kier molecular flexibility index (Phi) is 4.65. The van der Waals surface area contributed by atoms with Gasteiger partial charge in [0.2, 0.25) is 5.88 Å². The summed E-state index contributed by atoms with van der Waals surface area (Å²) in [4.78, 5) is 16.2. The number of amides is 2. The summed E-state index contributed by atoms with van der Waals surface area (Å²) in [7, 11) is 3.44. The molecule has 118 valence electrons. The minimum Gasteiger partial charge on any atom is -0.481 e. The van der Waals surface area contributed by atoms with E-state index in [9.17, 15) is 4.79 Å². The molecule has 0 fully saturated rings. The number of aromatic nitrogens is 3. The first-order chi connectivity index (χ1) is 10.4. The summed E-state index contributed by atoms with van der Waals surface area (Å²) in [6, 6.07) is 3.19. The molecule has 2 rings (SSSR count). The van der Waals surface area contributed by atoms with Crippen LogP contribution >= 0.6 is 0 Å². The van der Waals surface area contributed by atoms with Crippen molar-refractivity contribution in [1.82, 2.24) is 20.1 Å². The number of nitrogens with zero attached hydrogens (tertiary/aromatic N) is 3. The smallest absolute Gasteiger partial charge is 0.319 e. The summed E-state index contributed by atoms with van der Waals surface area (Å²) in [5.74, 6) is 0.519. The third kappa shape index (κ3) is 3.36. The third-order valence-corrected chi connectivity index (χ3v) is 3.60. The summed E-state index contributed by atoms with van der Waals surface area (Å²) in [6.07, 6.45) is 0. The molecule has 22 heavy (non-hydrogen) atoms. The molecule has 0 bridgehead atoms. The van der Waals surface area contributed by atoms with Crippen molar-refractivity contribution in [3.8, 4) is 5.88 Å². The lowest BCUT2D eigenvalue weighted by molar-refractivity contribution is 0.251. The minimum absolute atomic E-state index is 0.280. The van der Waals surface area contributed by atoms with Crippen LogP contribution < -0.4 is 15.4 Å². The molecule has 2 aromatic heterocycles. The van der Waals surface area contributed by atoms with Crippen LogP contribution in [0.5, 0.6) is 5.88 Å². The second-order valence-electron chi connectivity index (χ2n) is 5.07. The molecule has 7 heteroatoms. The first kappa shape index (κ1) is 15.8. The molecule has 0 radical (unpaired) electrons. The number of aryl methyl sites for hydroxylation is 3. The Bertz CT molecular complexity index is 693. The van der Waals surface area contributed by atoms with E-state index in [1.165, 1.54) is 0 Å². The number of hydrogen-bond donors (Lipinski definition) is 2. The number of pyridine rings is 1. The van der Waals surface area contributed by atoms with Gasteiger partial charge in [-0.15, -0.1) is 0 Å². The summed E-state index contributed by atoms with van der Waals surface area (Å²) in [5, 5.41) is 9.94. The van der Waals surface area contributed by atoms with E-state index in [-0.39, 0.29) is 6.03 Å². The molecule has 2 amide bonds. The van der Waals surface area contributed by atoms with E-state index in [1.807, 2.05) is 32.5 Å². The quantitative estimate of drug-likeness (QED) is 0.906. The highest BCUT2D eigenvalue weighted by molar-refractivity contribution is 5.89. The van der Waals surface area contributed by atoms with Gasteiger partial charge in [0.25, 0.3) is 0 Å². The molecular formula is C15H21N5O2. The van der Waals surface area contributed by atoms with E-state index < -0.39 is 0 Å². The Balaban J connectivity index is 1.99. The standard InChI is InChI=1S/C15H21N5O2/c1-9-12(11(3)20(4)19-9)8-16-15(21)18-13-6-7-14(22-5)17-10(13)2/h6-7H,8H2,1-5H3,(H2,16,18,21). The maximum absolute atomic E-state index is 12.0. The number of hydrogen-bond acceptors (Lipinski definition) is 4. The van der Waals surface area contributed by atoms with Gasteiger partial charge in [-0.1, -0.05) is 0 Å². The average Bonchev–Trinajstić information content (AvgIpc) is 2.72. The average molecular weight is 303 g/mol. The fourth-order valence-corrected chi connectivity index (χ4v) is 2.19. The first-order valence-corrected chi connectivity index (χ1v) is 6.98. The molecule has 2 aromatic rings. The predicted molar refractivity (Wildman–Crippen MR) is 84.1 cm³/mol. The normalized spacial score (nSPS) is 10.4. The van der Waals surface area contributed by atoms with Crippen LogP contribution in [-0.4, -0.2) is 27.9 Å². The van der Waals surface area contributed by atoms with Gasteiger partial charge in [0.05, 0.1) is 24.2 Å². The first-order valence-electron chi connectivity index (χ1n) is 6.98. The van der Waals surface area contributed by atoms with Gasteiger partial charge in [-0.05, 0) is 26.8 Å². The molecule has 7 nitrogen and oxygen atoms in total. The molecule has 2 heterocycles. The fourth-order valence-electron chi connectivity index (χ4n) is 2.19. The molecule has 0 aliphatic heterocycles. The molecule has 0 aliphatic rings. The SMILES string of the molecule is COc1ccc(NC(=O)NCc2c(C)nn(C)c2C)c(C)n1. The Morgan fingerprint density at radius 3 is 2.55 bits per heavy atom. The molecule has 0 saturated heterocycles. The van der Waals surface area contributed by atoms with Crippen LogP contribution in [0.1, 0.15) is 22.6 Å². The second-order valence-corrected chi connectivity index (χ2v) is 5.07. The molecule has 0 aromatic carbocycles. The van der Waals surface area contributed by atoms with Crippen molar-refractivity contribution in [3.05, 3.63) is 34.8 Å². The lowest BCUT2D eigenvalue weighted by Gasteiger charge is -2.10. The molecule has 0 unspecified atom stereocenters. The zero-order valence-electron chi connectivity index (χ0n) is 13.5. The van der Waals surface area contributed by atoms with E-state index >= 15 is 0 Å². The van der Waals surface area contributed by atoms with Crippen molar-refractivity contribution in [1.29, 1.82) is 0 Å². The van der Waals surface area contributed by atoms with Crippen molar-refractivity contribution in [2.45, 2.75) is 27.3 Å². The summed E-state index contributed by atoms with van der Waals surface area (Å²) < 4.78 is 6.85. The number of anilines is 1. The fraction of sp³-hybridized carbons (Fsp3) is 0.400. The Morgan fingerprint density at radius 2 is 2.00 bits per heavy atom. The van der Waals surface area contributed by atoms with Gasteiger partial charge in [-0.2, -0.15) is 5.10 Å². The number of carbonyl (C=O) groups excluding carboxylic acids is 1. The van der Waals surface area contributed by atoms with Crippen molar-refractivity contribution in [2.75, 3.05) is 12.4 Å². The van der Waals surface area contributed by atoms with E-state index in [0.29, 0.717) is 23.8 Å². The number of rotatable bonds is 4. The van der Waals surface area contributed by atoms with E-state index in [1.54, 1.807) is 19.2 Å². The Hall–Kier alpha value is -2.57. The van der Waals surface area contributed by atoms with Gasteiger partial charge in [0.15, 0.2) is 0 Å². The number of ether oxygens (including phenoxy) is 1. The van der Waals surface area contributed by atoms with Crippen molar-refractivity contribution >= 4 is 11.7 Å². The molecule has 0 saturated carbocycles. The van der Waals surface area contributed by atoms with Crippen LogP contribution in [0.3, 0.4) is 0 Å². The molecule has 0 atom stereocenters. The predicted octanol–water partition coefficient (Wildman–Crippen LogP) is 2.07. The lowest BCUT2D eigenvalue weighted by atomic mass is 10.2. The van der Waals surface area contributed by atoms with E-state index in [2.05, 4.69) is 20.7 Å². The third-order valence-electron chi connectivity index (χ3n) is 3.60. The monoisotopic (exact) mass is 303 g/mol. The van der Waals surface area contributed by atoms with Crippen molar-refractivity contribution in [2.24, 2.45) is 7.05 Å². The summed E-state index contributed by atoms with van der Waals surface area (Å²) >= 11 is 0. The van der Waals surface area contributed by atoms with E-state index in [0.717, 1.165) is 17.0 Å².